The molecule has 0 spiro atoms. The van der Waals surface area contributed by atoms with Crippen molar-refractivity contribution in [1.29, 1.82) is 0 Å². The van der Waals surface area contributed by atoms with Gasteiger partial charge in [-0.3, -0.25) is 4.79 Å². The number of carbonyl (C=O) groups is 1. The van der Waals surface area contributed by atoms with Crippen LogP contribution in [0.25, 0.3) is 0 Å². The number of nitrogens with one attached hydrogen (secondary N) is 1. The van der Waals surface area contributed by atoms with E-state index in [1.807, 2.05) is 24.6 Å². The van der Waals surface area contributed by atoms with Crippen molar-refractivity contribution in [3.63, 3.8) is 0 Å². The van der Waals surface area contributed by atoms with Crippen LogP contribution >= 0.6 is 0 Å². The molecule has 0 radical (unpaired) electrons. The fourth-order valence-corrected chi connectivity index (χ4v) is 2.47. The van der Waals surface area contributed by atoms with E-state index in [2.05, 4.69) is 12.2 Å². The quantitative estimate of drug-likeness (QED) is 0.872. The second kappa shape index (κ2) is 5.25. The minimum atomic E-state index is -0.298. The van der Waals surface area contributed by atoms with E-state index < -0.39 is 0 Å². The number of hydrogen-bond donors (Lipinski definition) is 2. The molecule has 106 valence electrons. The average Bonchev–Trinajstić information content (AvgIpc) is 2.84. The number of aromatic nitrogens is 1. The zero-order chi connectivity index (χ0) is 14.0. The third-order valence-corrected chi connectivity index (χ3v) is 3.90. The highest BCUT2D eigenvalue weighted by molar-refractivity contribution is 5.94. The van der Waals surface area contributed by atoms with Gasteiger partial charge < -0.3 is 20.4 Å². The Morgan fingerprint density at radius 3 is 3.00 bits per heavy atom. The van der Waals surface area contributed by atoms with Gasteiger partial charge in [-0.05, 0) is 32.8 Å². The molecule has 1 amide bonds. The van der Waals surface area contributed by atoms with Crippen LogP contribution in [0.3, 0.4) is 0 Å². The number of rotatable bonds is 4. The summed E-state index contributed by atoms with van der Waals surface area (Å²) in [5.74, 6) is -0.0787. The van der Waals surface area contributed by atoms with Crippen LogP contribution in [0.5, 0.6) is 0 Å². The van der Waals surface area contributed by atoms with E-state index in [0.717, 1.165) is 19.4 Å². The molecule has 0 aromatic carbocycles. The van der Waals surface area contributed by atoms with Gasteiger partial charge in [0.1, 0.15) is 5.69 Å². The molecule has 2 atom stereocenters. The van der Waals surface area contributed by atoms with Crippen LogP contribution in [0.4, 0.5) is 5.69 Å². The van der Waals surface area contributed by atoms with Gasteiger partial charge in [-0.2, -0.15) is 0 Å². The molecule has 0 saturated carbocycles. The van der Waals surface area contributed by atoms with Crippen LogP contribution in [-0.2, 0) is 11.3 Å². The second-order valence-electron chi connectivity index (χ2n) is 5.49. The molecule has 1 aliphatic rings. The van der Waals surface area contributed by atoms with Crippen LogP contribution in [0.1, 0.15) is 44.1 Å². The number of aryl methyl sites for hydroxylation is 1. The molecule has 19 heavy (non-hydrogen) atoms. The maximum atomic E-state index is 12.4. The summed E-state index contributed by atoms with van der Waals surface area (Å²) < 4.78 is 7.45. The number of ether oxygens (including phenoxy) is 1. The lowest BCUT2D eigenvalue weighted by molar-refractivity contribution is 0.0721. The molecule has 1 fully saturated rings. The lowest BCUT2D eigenvalue weighted by Crippen LogP contribution is -2.51. The monoisotopic (exact) mass is 265 g/mol. The molecule has 3 N–H and O–H groups in total. The van der Waals surface area contributed by atoms with Crippen molar-refractivity contribution in [1.82, 2.24) is 9.88 Å². The summed E-state index contributed by atoms with van der Waals surface area (Å²) in [6.07, 6.45) is 3.65. The highest BCUT2D eigenvalue weighted by atomic mass is 16.5. The van der Waals surface area contributed by atoms with Crippen LogP contribution in [0.2, 0.25) is 0 Å². The molecule has 1 saturated heterocycles. The number of nitrogens with two attached hydrogens (primary N) is 1. The molecular formula is C14H23N3O2. The Bertz CT molecular complexity index is 469. The van der Waals surface area contributed by atoms with Crippen molar-refractivity contribution in [2.45, 2.75) is 51.8 Å². The number of amides is 1. The molecule has 1 aliphatic heterocycles. The summed E-state index contributed by atoms with van der Waals surface area (Å²) in [6, 6.07) is 1.73. The minimum Gasteiger partial charge on any atom is -0.397 e. The highest BCUT2D eigenvalue weighted by Gasteiger charge is 2.38. The summed E-state index contributed by atoms with van der Waals surface area (Å²) in [4.78, 5) is 12.4. The number of carbonyl (C=O) groups excluding carboxylic acids is 1. The maximum Gasteiger partial charge on any atom is 0.268 e. The Labute approximate surface area is 114 Å². The zero-order valence-corrected chi connectivity index (χ0v) is 11.9. The van der Waals surface area contributed by atoms with E-state index in [0.29, 0.717) is 18.0 Å². The molecule has 0 bridgehead atoms. The lowest BCUT2D eigenvalue weighted by Gasteiger charge is -2.29. The maximum absolute atomic E-state index is 12.4. The van der Waals surface area contributed by atoms with Gasteiger partial charge in [0.2, 0.25) is 0 Å². The Morgan fingerprint density at radius 2 is 2.42 bits per heavy atom. The van der Waals surface area contributed by atoms with E-state index in [4.69, 9.17) is 10.5 Å². The fourth-order valence-electron chi connectivity index (χ4n) is 2.47. The Hall–Kier alpha value is -1.49. The van der Waals surface area contributed by atoms with E-state index in [9.17, 15) is 4.79 Å². The van der Waals surface area contributed by atoms with Gasteiger partial charge in [-0.15, -0.1) is 0 Å². The number of nitrogen functional groups attached to an aromatic ring is 1. The molecule has 1 aromatic heterocycles. The average molecular weight is 265 g/mol. The predicted octanol–water partition coefficient (Wildman–Crippen LogP) is 1.78. The van der Waals surface area contributed by atoms with Crippen LogP contribution in [0.15, 0.2) is 12.3 Å². The van der Waals surface area contributed by atoms with Crippen molar-refractivity contribution in [2.75, 3.05) is 12.3 Å². The Balaban J connectivity index is 2.16. The van der Waals surface area contributed by atoms with Gasteiger partial charge in [-0.25, -0.2) is 0 Å². The van der Waals surface area contributed by atoms with E-state index in [-0.39, 0.29) is 17.6 Å². The molecule has 2 heterocycles. The van der Waals surface area contributed by atoms with Crippen molar-refractivity contribution < 1.29 is 9.53 Å². The molecule has 0 aliphatic carbocycles. The van der Waals surface area contributed by atoms with Gasteiger partial charge >= 0.3 is 0 Å². The largest absolute Gasteiger partial charge is 0.397 e. The smallest absolute Gasteiger partial charge is 0.268 e. The lowest BCUT2D eigenvalue weighted by atomic mass is 9.94. The zero-order valence-electron chi connectivity index (χ0n) is 11.9. The van der Waals surface area contributed by atoms with E-state index in [1.165, 1.54) is 0 Å². The summed E-state index contributed by atoms with van der Waals surface area (Å²) in [7, 11) is 0. The number of hydrogen-bond acceptors (Lipinski definition) is 3. The van der Waals surface area contributed by atoms with Crippen LogP contribution in [0, 0.1) is 0 Å². The molecule has 5 heteroatoms. The normalized spacial score (nSPS) is 26.6. The first-order chi connectivity index (χ1) is 8.96. The minimum absolute atomic E-state index is 0.0309. The fraction of sp³-hybridized carbons (Fsp3) is 0.643. The van der Waals surface area contributed by atoms with Gasteiger partial charge in [-0.1, -0.05) is 6.92 Å². The molecule has 5 nitrogen and oxygen atoms in total. The van der Waals surface area contributed by atoms with E-state index in [1.54, 1.807) is 6.07 Å². The summed E-state index contributed by atoms with van der Waals surface area (Å²) >= 11 is 0. The van der Waals surface area contributed by atoms with Gasteiger partial charge in [0.05, 0.1) is 17.3 Å². The molecule has 2 unspecified atom stereocenters. The third kappa shape index (κ3) is 2.76. The first kappa shape index (κ1) is 13.9. The molecule has 2 rings (SSSR count). The Morgan fingerprint density at radius 1 is 1.68 bits per heavy atom. The first-order valence-electron chi connectivity index (χ1n) is 6.86. The first-order valence-corrected chi connectivity index (χ1v) is 6.86. The predicted molar refractivity (Wildman–Crippen MR) is 75.0 cm³/mol. The van der Waals surface area contributed by atoms with Gasteiger partial charge in [0, 0.05) is 19.3 Å². The molecule has 1 aromatic rings. The van der Waals surface area contributed by atoms with Crippen molar-refractivity contribution >= 4 is 11.6 Å². The van der Waals surface area contributed by atoms with Crippen LogP contribution in [-0.4, -0.2) is 28.7 Å². The SMILES string of the molecule is CCCn1cc(N)cc1C(=O)NC1(C)CCOC1C. The van der Waals surface area contributed by atoms with Crippen molar-refractivity contribution in [3.8, 4) is 0 Å². The van der Waals surface area contributed by atoms with Gasteiger partial charge in [0.25, 0.3) is 5.91 Å². The summed E-state index contributed by atoms with van der Waals surface area (Å²) in [6.45, 7) is 7.58. The topological polar surface area (TPSA) is 69.3 Å². The second-order valence-corrected chi connectivity index (χ2v) is 5.49. The van der Waals surface area contributed by atoms with Crippen molar-refractivity contribution in [3.05, 3.63) is 18.0 Å². The van der Waals surface area contributed by atoms with Crippen molar-refractivity contribution in [2.24, 2.45) is 0 Å². The third-order valence-electron chi connectivity index (χ3n) is 3.90. The standard InChI is InChI=1S/C14H23N3O2/c1-4-6-17-9-11(15)8-12(17)13(18)16-14(3)5-7-19-10(14)2/h8-10H,4-7,15H2,1-3H3,(H,16,18). The molecular weight excluding hydrogens is 242 g/mol. The van der Waals surface area contributed by atoms with Gasteiger partial charge in [0.15, 0.2) is 0 Å². The number of nitrogens with zero attached hydrogens (tertiary/aromatic N) is 1. The summed E-state index contributed by atoms with van der Waals surface area (Å²) in [5.41, 5.74) is 6.74. The van der Waals surface area contributed by atoms with Crippen LogP contribution < -0.4 is 11.1 Å². The van der Waals surface area contributed by atoms with E-state index >= 15 is 0 Å². The summed E-state index contributed by atoms with van der Waals surface area (Å²) in [5, 5.41) is 3.09. The highest BCUT2D eigenvalue weighted by Crippen LogP contribution is 2.25. The Kier molecular flexibility index (Phi) is 3.85. The number of anilines is 1.